The Morgan fingerprint density at radius 2 is 2.25 bits per heavy atom. The summed E-state index contributed by atoms with van der Waals surface area (Å²) >= 11 is 6.07. The van der Waals surface area contributed by atoms with E-state index in [1.165, 1.54) is 0 Å². The number of nitrogens with two attached hydrogens (primary N) is 1. The third kappa shape index (κ3) is 3.77. The van der Waals surface area contributed by atoms with Crippen molar-refractivity contribution in [2.75, 3.05) is 13.2 Å². The maximum Gasteiger partial charge on any atom is 0.141 e. The normalized spacial score (nSPS) is 9.81. The fraction of sp³-hybridized carbons (Fsp3) is 0.385. The summed E-state index contributed by atoms with van der Waals surface area (Å²) < 4.78 is 5.64. The first-order chi connectivity index (χ1) is 7.79. The summed E-state index contributed by atoms with van der Waals surface area (Å²) in [5.74, 6) is 3.32. The van der Waals surface area contributed by atoms with Crippen LogP contribution in [-0.4, -0.2) is 13.2 Å². The van der Waals surface area contributed by atoms with Crippen LogP contribution in [0.5, 0.6) is 5.75 Å². The molecule has 0 bridgehead atoms. The number of para-hydroxylation sites is 1. The van der Waals surface area contributed by atoms with Crippen LogP contribution in [0.1, 0.15) is 18.4 Å². The molecule has 0 aliphatic carbocycles. The molecular formula is C13H16ClNO. The van der Waals surface area contributed by atoms with Gasteiger partial charge < -0.3 is 10.5 Å². The summed E-state index contributed by atoms with van der Waals surface area (Å²) in [4.78, 5) is 0. The Morgan fingerprint density at radius 3 is 2.94 bits per heavy atom. The van der Waals surface area contributed by atoms with Gasteiger partial charge >= 0.3 is 0 Å². The first kappa shape index (κ1) is 12.9. The van der Waals surface area contributed by atoms with E-state index in [1.807, 2.05) is 18.2 Å². The van der Waals surface area contributed by atoms with E-state index in [4.69, 9.17) is 28.5 Å². The zero-order valence-electron chi connectivity index (χ0n) is 9.21. The number of rotatable bonds is 6. The number of hydrogen-bond donors (Lipinski definition) is 1. The van der Waals surface area contributed by atoms with E-state index in [-0.39, 0.29) is 0 Å². The minimum atomic E-state index is 0.584. The summed E-state index contributed by atoms with van der Waals surface area (Å²) in [6, 6.07) is 5.70. The SMILES string of the molecule is C#CCCCOc1c(Cl)cccc1CCN. The molecule has 0 heterocycles. The molecule has 0 saturated heterocycles. The van der Waals surface area contributed by atoms with Gasteiger partial charge in [0.25, 0.3) is 0 Å². The lowest BCUT2D eigenvalue weighted by Crippen LogP contribution is -2.06. The molecule has 0 unspecified atom stereocenters. The fourth-order valence-corrected chi connectivity index (χ4v) is 1.66. The second-order valence-electron chi connectivity index (χ2n) is 3.42. The zero-order valence-corrected chi connectivity index (χ0v) is 9.96. The molecule has 0 aliphatic heterocycles. The van der Waals surface area contributed by atoms with Crippen LogP contribution in [0.2, 0.25) is 5.02 Å². The van der Waals surface area contributed by atoms with Crippen LogP contribution in [0.4, 0.5) is 0 Å². The molecule has 1 rings (SSSR count). The molecule has 0 atom stereocenters. The Labute approximate surface area is 102 Å². The zero-order chi connectivity index (χ0) is 11.8. The molecule has 1 aromatic rings. The van der Waals surface area contributed by atoms with E-state index in [0.29, 0.717) is 18.2 Å². The van der Waals surface area contributed by atoms with Crippen molar-refractivity contribution in [3.8, 4) is 18.1 Å². The van der Waals surface area contributed by atoms with Crippen LogP contribution in [0, 0.1) is 12.3 Å². The minimum absolute atomic E-state index is 0.584. The van der Waals surface area contributed by atoms with Crippen molar-refractivity contribution in [1.82, 2.24) is 0 Å². The summed E-state index contributed by atoms with van der Waals surface area (Å²) in [5.41, 5.74) is 6.58. The van der Waals surface area contributed by atoms with Crippen LogP contribution in [0.15, 0.2) is 18.2 Å². The number of hydrogen-bond acceptors (Lipinski definition) is 2. The third-order valence-electron chi connectivity index (χ3n) is 2.17. The van der Waals surface area contributed by atoms with Gasteiger partial charge in [0.2, 0.25) is 0 Å². The highest BCUT2D eigenvalue weighted by Crippen LogP contribution is 2.29. The number of terminal acetylenes is 1. The smallest absolute Gasteiger partial charge is 0.141 e. The van der Waals surface area contributed by atoms with Gasteiger partial charge in [0.15, 0.2) is 0 Å². The highest BCUT2D eigenvalue weighted by Gasteiger charge is 2.07. The molecule has 0 aliphatic rings. The summed E-state index contributed by atoms with van der Waals surface area (Å²) in [6.45, 7) is 1.17. The molecule has 16 heavy (non-hydrogen) atoms. The van der Waals surface area contributed by atoms with Gasteiger partial charge in [-0.05, 0) is 31.0 Å². The largest absolute Gasteiger partial charge is 0.492 e. The molecule has 3 heteroatoms. The van der Waals surface area contributed by atoms with Gasteiger partial charge in [-0.2, -0.15) is 0 Å². The standard InChI is InChI=1S/C13H16ClNO/c1-2-3-4-10-16-13-11(8-9-15)6-5-7-12(13)14/h1,5-7H,3-4,8-10,15H2. The fourth-order valence-electron chi connectivity index (χ4n) is 1.42. The maximum absolute atomic E-state index is 6.07. The van der Waals surface area contributed by atoms with E-state index >= 15 is 0 Å². The Bertz CT molecular complexity index is 371. The molecule has 2 N–H and O–H groups in total. The lowest BCUT2D eigenvalue weighted by atomic mass is 10.1. The van der Waals surface area contributed by atoms with E-state index in [0.717, 1.165) is 30.6 Å². The number of benzene rings is 1. The van der Waals surface area contributed by atoms with E-state index in [2.05, 4.69) is 5.92 Å². The van der Waals surface area contributed by atoms with Crippen LogP contribution >= 0.6 is 11.6 Å². The summed E-state index contributed by atoms with van der Waals surface area (Å²) in [7, 11) is 0. The van der Waals surface area contributed by atoms with Gasteiger partial charge in [-0.15, -0.1) is 12.3 Å². The molecule has 0 aromatic heterocycles. The first-order valence-electron chi connectivity index (χ1n) is 5.33. The van der Waals surface area contributed by atoms with E-state index in [9.17, 15) is 0 Å². The van der Waals surface area contributed by atoms with Crippen molar-refractivity contribution < 1.29 is 4.74 Å². The summed E-state index contributed by atoms with van der Waals surface area (Å²) in [5, 5.41) is 0.631. The van der Waals surface area contributed by atoms with Gasteiger partial charge in [-0.3, -0.25) is 0 Å². The van der Waals surface area contributed by atoms with Gasteiger partial charge in [0.05, 0.1) is 11.6 Å². The predicted octanol–water partition coefficient (Wildman–Crippen LogP) is 2.63. The van der Waals surface area contributed by atoms with Gasteiger partial charge in [0.1, 0.15) is 5.75 Å². The van der Waals surface area contributed by atoms with Crippen LogP contribution < -0.4 is 10.5 Å². The number of unbranched alkanes of at least 4 members (excludes halogenated alkanes) is 1. The molecular weight excluding hydrogens is 222 g/mol. The Balaban J connectivity index is 2.65. The van der Waals surface area contributed by atoms with Crippen molar-refractivity contribution in [2.45, 2.75) is 19.3 Å². The average molecular weight is 238 g/mol. The van der Waals surface area contributed by atoms with Crippen molar-refractivity contribution >= 4 is 11.6 Å². The molecule has 0 radical (unpaired) electrons. The van der Waals surface area contributed by atoms with Crippen molar-refractivity contribution in [3.05, 3.63) is 28.8 Å². The van der Waals surface area contributed by atoms with Crippen LogP contribution in [0.3, 0.4) is 0 Å². The van der Waals surface area contributed by atoms with E-state index in [1.54, 1.807) is 0 Å². The molecule has 86 valence electrons. The van der Waals surface area contributed by atoms with Crippen molar-refractivity contribution in [3.63, 3.8) is 0 Å². The Morgan fingerprint density at radius 1 is 1.44 bits per heavy atom. The lowest BCUT2D eigenvalue weighted by molar-refractivity contribution is 0.310. The quantitative estimate of drug-likeness (QED) is 0.610. The second kappa shape index (κ2) is 7.16. The minimum Gasteiger partial charge on any atom is -0.492 e. The van der Waals surface area contributed by atoms with Crippen molar-refractivity contribution in [1.29, 1.82) is 0 Å². The van der Waals surface area contributed by atoms with Crippen molar-refractivity contribution in [2.24, 2.45) is 5.73 Å². The molecule has 1 aromatic carbocycles. The first-order valence-corrected chi connectivity index (χ1v) is 5.71. The molecule has 0 saturated carbocycles. The Kier molecular flexibility index (Phi) is 5.77. The number of halogens is 1. The number of ether oxygens (including phenoxy) is 1. The predicted molar refractivity (Wildman–Crippen MR) is 67.8 cm³/mol. The van der Waals surface area contributed by atoms with Crippen LogP contribution in [-0.2, 0) is 6.42 Å². The third-order valence-corrected chi connectivity index (χ3v) is 2.47. The van der Waals surface area contributed by atoms with Crippen LogP contribution in [0.25, 0.3) is 0 Å². The highest BCUT2D eigenvalue weighted by atomic mass is 35.5. The molecule has 0 spiro atoms. The second-order valence-corrected chi connectivity index (χ2v) is 3.83. The summed E-state index contributed by atoms with van der Waals surface area (Å²) in [6.07, 6.45) is 7.49. The highest BCUT2D eigenvalue weighted by molar-refractivity contribution is 6.32. The molecule has 0 fully saturated rings. The topological polar surface area (TPSA) is 35.2 Å². The van der Waals surface area contributed by atoms with Gasteiger partial charge in [-0.1, -0.05) is 23.7 Å². The average Bonchev–Trinajstić information content (AvgIpc) is 2.28. The van der Waals surface area contributed by atoms with Gasteiger partial charge in [0, 0.05) is 6.42 Å². The maximum atomic E-state index is 6.07. The molecule has 2 nitrogen and oxygen atoms in total. The lowest BCUT2D eigenvalue weighted by Gasteiger charge is -2.12. The molecule has 0 amide bonds. The monoisotopic (exact) mass is 237 g/mol. The van der Waals surface area contributed by atoms with E-state index < -0.39 is 0 Å². The Hall–Kier alpha value is -1.17. The van der Waals surface area contributed by atoms with Gasteiger partial charge in [-0.25, -0.2) is 0 Å².